The number of halogens is 1. The van der Waals surface area contributed by atoms with Gasteiger partial charge in [-0.3, -0.25) is 4.79 Å². The fraction of sp³-hybridized carbons (Fsp3) is 0.417. The van der Waals surface area contributed by atoms with E-state index in [4.69, 9.17) is 21.4 Å². The molecule has 0 spiro atoms. The Hall–Kier alpha value is -1.22. The second kappa shape index (κ2) is 7.12. The van der Waals surface area contributed by atoms with Crippen LogP contribution in [0.4, 0.5) is 0 Å². The average Bonchev–Trinajstić information content (AvgIpc) is 2.25. The van der Waals surface area contributed by atoms with E-state index >= 15 is 0 Å². The van der Waals surface area contributed by atoms with Gasteiger partial charge in [0.1, 0.15) is 5.75 Å². The molecule has 0 fully saturated rings. The van der Waals surface area contributed by atoms with Crippen LogP contribution < -0.4 is 4.74 Å². The molecule has 1 aromatic rings. The SMILES string of the molecule is O=C(O)CCCCCOc1ccccc1Cl. The minimum absolute atomic E-state index is 0.228. The average molecular weight is 243 g/mol. The lowest BCUT2D eigenvalue weighted by Gasteiger charge is -2.06. The van der Waals surface area contributed by atoms with Gasteiger partial charge >= 0.3 is 5.97 Å². The van der Waals surface area contributed by atoms with Crippen molar-refractivity contribution in [3.8, 4) is 5.75 Å². The molecule has 0 saturated heterocycles. The maximum Gasteiger partial charge on any atom is 0.303 e. The highest BCUT2D eigenvalue weighted by Crippen LogP contribution is 2.23. The van der Waals surface area contributed by atoms with Crippen molar-refractivity contribution in [1.29, 1.82) is 0 Å². The van der Waals surface area contributed by atoms with E-state index in [9.17, 15) is 4.79 Å². The van der Waals surface area contributed by atoms with Gasteiger partial charge < -0.3 is 9.84 Å². The molecule has 1 aromatic carbocycles. The number of carbonyl (C=O) groups is 1. The number of hydrogen-bond donors (Lipinski definition) is 1. The molecule has 0 saturated carbocycles. The smallest absolute Gasteiger partial charge is 0.303 e. The summed E-state index contributed by atoms with van der Waals surface area (Å²) >= 11 is 5.90. The number of hydrogen-bond acceptors (Lipinski definition) is 2. The third kappa shape index (κ3) is 5.03. The first-order chi connectivity index (χ1) is 7.70. The fourth-order valence-corrected chi connectivity index (χ4v) is 1.49. The van der Waals surface area contributed by atoms with Gasteiger partial charge in [0.25, 0.3) is 0 Å². The molecule has 0 bridgehead atoms. The molecule has 0 radical (unpaired) electrons. The normalized spacial score (nSPS) is 10.1. The van der Waals surface area contributed by atoms with Gasteiger partial charge in [-0.05, 0) is 31.4 Å². The van der Waals surface area contributed by atoms with Crippen molar-refractivity contribution in [2.75, 3.05) is 6.61 Å². The summed E-state index contributed by atoms with van der Waals surface area (Å²) in [6.07, 6.45) is 2.63. The summed E-state index contributed by atoms with van der Waals surface area (Å²) in [7, 11) is 0. The third-order valence-corrected chi connectivity index (χ3v) is 2.44. The highest BCUT2D eigenvalue weighted by molar-refractivity contribution is 6.32. The van der Waals surface area contributed by atoms with Crippen LogP contribution in [0.15, 0.2) is 24.3 Å². The van der Waals surface area contributed by atoms with Crippen molar-refractivity contribution in [2.45, 2.75) is 25.7 Å². The number of carboxylic acid groups (broad SMARTS) is 1. The minimum Gasteiger partial charge on any atom is -0.492 e. The number of benzene rings is 1. The van der Waals surface area contributed by atoms with Crippen molar-refractivity contribution in [1.82, 2.24) is 0 Å². The zero-order chi connectivity index (χ0) is 11.8. The first-order valence-electron chi connectivity index (χ1n) is 5.29. The molecule has 0 atom stereocenters. The van der Waals surface area contributed by atoms with Crippen LogP contribution in [-0.4, -0.2) is 17.7 Å². The molecule has 3 nitrogen and oxygen atoms in total. The Morgan fingerprint density at radius 1 is 1.25 bits per heavy atom. The second-order valence-corrected chi connectivity index (χ2v) is 3.89. The van der Waals surface area contributed by atoms with Gasteiger partial charge in [-0.25, -0.2) is 0 Å². The van der Waals surface area contributed by atoms with Crippen LogP contribution in [0, 0.1) is 0 Å². The van der Waals surface area contributed by atoms with E-state index in [0.29, 0.717) is 23.8 Å². The minimum atomic E-state index is -0.743. The van der Waals surface area contributed by atoms with Crippen LogP contribution in [-0.2, 0) is 4.79 Å². The quantitative estimate of drug-likeness (QED) is 0.746. The van der Waals surface area contributed by atoms with Crippen molar-refractivity contribution in [3.05, 3.63) is 29.3 Å². The molecule has 4 heteroatoms. The summed E-state index contributed by atoms with van der Waals surface area (Å²) in [5, 5.41) is 9.04. The molecule has 1 N–H and O–H groups in total. The molecule has 0 aliphatic heterocycles. The molecule has 0 heterocycles. The number of rotatable bonds is 7. The number of carboxylic acids is 1. The molecule has 0 unspecified atom stereocenters. The Bertz CT molecular complexity index is 339. The Morgan fingerprint density at radius 3 is 2.69 bits per heavy atom. The van der Waals surface area contributed by atoms with Crippen molar-refractivity contribution in [3.63, 3.8) is 0 Å². The topological polar surface area (TPSA) is 46.5 Å². The van der Waals surface area contributed by atoms with E-state index in [2.05, 4.69) is 0 Å². The first kappa shape index (κ1) is 12.8. The zero-order valence-corrected chi connectivity index (χ0v) is 9.74. The monoisotopic (exact) mass is 242 g/mol. The highest BCUT2D eigenvalue weighted by atomic mass is 35.5. The largest absolute Gasteiger partial charge is 0.492 e. The number of aliphatic carboxylic acids is 1. The molecule has 16 heavy (non-hydrogen) atoms. The summed E-state index contributed by atoms with van der Waals surface area (Å²) in [6, 6.07) is 7.31. The molecular formula is C12H15ClO3. The van der Waals surface area contributed by atoms with Crippen molar-refractivity contribution in [2.24, 2.45) is 0 Å². The first-order valence-corrected chi connectivity index (χ1v) is 5.67. The Kier molecular flexibility index (Phi) is 5.72. The van der Waals surface area contributed by atoms with Gasteiger partial charge in [0.2, 0.25) is 0 Å². The van der Waals surface area contributed by atoms with Crippen LogP contribution in [0.1, 0.15) is 25.7 Å². The highest BCUT2D eigenvalue weighted by Gasteiger charge is 2.00. The zero-order valence-electron chi connectivity index (χ0n) is 8.99. The van der Waals surface area contributed by atoms with Crippen molar-refractivity contribution < 1.29 is 14.6 Å². The van der Waals surface area contributed by atoms with Crippen molar-refractivity contribution >= 4 is 17.6 Å². The van der Waals surface area contributed by atoms with E-state index in [1.54, 1.807) is 6.07 Å². The number of ether oxygens (including phenoxy) is 1. The fourth-order valence-electron chi connectivity index (χ4n) is 1.30. The molecule has 0 aliphatic carbocycles. The van der Waals surface area contributed by atoms with Gasteiger partial charge in [0.15, 0.2) is 0 Å². The lowest BCUT2D eigenvalue weighted by molar-refractivity contribution is -0.137. The van der Waals surface area contributed by atoms with Gasteiger partial charge in [-0.1, -0.05) is 23.7 Å². The van der Waals surface area contributed by atoms with E-state index < -0.39 is 5.97 Å². The Morgan fingerprint density at radius 2 is 2.00 bits per heavy atom. The van der Waals surface area contributed by atoms with Gasteiger partial charge in [0, 0.05) is 6.42 Å². The second-order valence-electron chi connectivity index (χ2n) is 3.48. The molecular weight excluding hydrogens is 228 g/mol. The van der Waals surface area contributed by atoms with Crippen LogP contribution in [0.2, 0.25) is 5.02 Å². The third-order valence-electron chi connectivity index (χ3n) is 2.13. The van der Waals surface area contributed by atoms with Crippen LogP contribution in [0.3, 0.4) is 0 Å². The summed E-state index contributed by atoms with van der Waals surface area (Å²) in [6.45, 7) is 0.573. The van der Waals surface area contributed by atoms with E-state index in [0.717, 1.165) is 12.8 Å². The lowest BCUT2D eigenvalue weighted by Crippen LogP contribution is -1.99. The molecule has 0 amide bonds. The van der Waals surface area contributed by atoms with Gasteiger partial charge in [-0.15, -0.1) is 0 Å². The summed E-state index contributed by atoms with van der Waals surface area (Å²) in [4.78, 5) is 10.2. The maximum atomic E-state index is 10.2. The molecule has 88 valence electrons. The van der Waals surface area contributed by atoms with E-state index in [1.807, 2.05) is 18.2 Å². The van der Waals surface area contributed by atoms with Crippen LogP contribution in [0.25, 0.3) is 0 Å². The summed E-state index contributed by atoms with van der Waals surface area (Å²) in [5.41, 5.74) is 0. The predicted molar refractivity (Wildman–Crippen MR) is 63.1 cm³/mol. The van der Waals surface area contributed by atoms with Gasteiger partial charge in [-0.2, -0.15) is 0 Å². The van der Waals surface area contributed by atoms with Crippen LogP contribution >= 0.6 is 11.6 Å². The summed E-state index contributed by atoms with van der Waals surface area (Å²) < 4.78 is 5.46. The van der Waals surface area contributed by atoms with E-state index in [1.165, 1.54) is 0 Å². The predicted octanol–water partition coefficient (Wildman–Crippen LogP) is 3.36. The maximum absolute atomic E-state index is 10.2. The molecule has 1 rings (SSSR count). The molecule has 0 aromatic heterocycles. The van der Waals surface area contributed by atoms with E-state index in [-0.39, 0.29) is 6.42 Å². The number of para-hydroxylation sites is 1. The Balaban J connectivity index is 2.12. The number of unbranched alkanes of at least 4 members (excludes halogenated alkanes) is 2. The van der Waals surface area contributed by atoms with Gasteiger partial charge in [0.05, 0.1) is 11.6 Å². The Labute approximate surface area is 100.0 Å². The molecule has 0 aliphatic rings. The summed E-state index contributed by atoms with van der Waals surface area (Å²) in [5.74, 6) is -0.0607. The van der Waals surface area contributed by atoms with Crippen LogP contribution in [0.5, 0.6) is 5.75 Å². The lowest BCUT2D eigenvalue weighted by atomic mass is 10.2. The standard InChI is InChI=1S/C12H15ClO3/c13-10-6-3-4-7-11(10)16-9-5-1-2-8-12(14)15/h3-4,6-7H,1-2,5,8-9H2,(H,14,15).